The third-order valence-corrected chi connectivity index (χ3v) is 3.59. The van der Waals surface area contributed by atoms with E-state index in [-0.39, 0.29) is 5.91 Å². The average molecular weight is 310 g/mol. The second-order valence-corrected chi connectivity index (χ2v) is 5.34. The van der Waals surface area contributed by atoms with E-state index < -0.39 is 0 Å². The number of hydrogen-bond donors (Lipinski definition) is 1. The van der Waals surface area contributed by atoms with E-state index in [1.807, 2.05) is 29.6 Å². The quantitative estimate of drug-likeness (QED) is 0.920. The molecule has 0 bridgehead atoms. The van der Waals surface area contributed by atoms with Gasteiger partial charge in [-0.15, -0.1) is 0 Å². The van der Waals surface area contributed by atoms with Crippen molar-refractivity contribution in [2.45, 2.75) is 6.42 Å². The Morgan fingerprint density at radius 2 is 2.24 bits per heavy atom. The van der Waals surface area contributed by atoms with Crippen LogP contribution in [0.25, 0.3) is 0 Å². The minimum atomic E-state index is -0.0264. The molecule has 0 aliphatic rings. The summed E-state index contributed by atoms with van der Waals surface area (Å²) in [7, 11) is 0. The summed E-state index contributed by atoms with van der Waals surface area (Å²) in [5.74, 6) is -0.0264. The number of hydrogen-bond acceptors (Lipinski definition) is 2. The zero-order chi connectivity index (χ0) is 12.1. The molecule has 0 atom stereocenters. The Kier molecular flexibility index (Phi) is 4.34. The van der Waals surface area contributed by atoms with Gasteiger partial charge in [-0.1, -0.05) is 22.0 Å². The standard InChI is InChI=1S/C13H12BrNOS/c14-12-3-1-2-11(8-12)13(16)15-6-4-10-5-7-17-9-10/h1-3,5,7-9H,4,6H2,(H,15,16). The van der Waals surface area contributed by atoms with E-state index in [1.165, 1.54) is 5.56 Å². The van der Waals surface area contributed by atoms with Gasteiger partial charge in [0.1, 0.15) is 0 Å². The van der Waals surface area contributed by atoms with Crippen LogP contribution in [0.3, 0.4) is 0 Å². The second kappa shape index (κ2) is 5.98. The summed E-state index contributed by atoms with van der Waals surface area (Å²) < 4.78 is 0.919. The molecule has 0 aliphatic carbocycles. The van der Waals surface area contributed by atoms with Gasteiger partial charge in [-0.2, -0.15) is 11.3 Å². The summed E-state index contributed by atoms with van der Waals surface area (Å²) in [5, 5.41) is 7.06. The van der Waals surface area contributed by atoms with Gasteiger partial charge in [0.15, 0.2) is 0 Å². The summed E-state index contributed by atoms with van der Waals surface area (Å²) in [6.45, 7) is 0.669. The fourth-order valence-electron chi connectivity index (χ4n) is 1.49. The molecule has 1 aromatic heterocycles. The van der Waals surface area contributed by atoms with Gasteiger partial charge < -0.3 is 5.32 Å². The molecule has 2 rings (SSSR count). The van der Waals surface area contributed by atoms with Gasteiger partial charge in [0.25, 0.3) is 5.91 Å². The molecule has 0 saturated heterocycles. The summed E-state index contributed by atoms with van der Waals surface area (Å²) in [5.41, 5.74) is 1.95. The highest BCUT2D eigenvalue weighted by Crippen LogP contribution is 2.11. The van der Waals surface area contributed by atoms with Crippen molar-refractivity contribution < 1.29 is 4.79 Å². The van der Waals surface area contributed by atoms with E-state index in [0.717, 1.165) is 10.9 Å². The highest BCUT2D eigenvalue weighted by Gasteiger charge is 2.04. The van der Waals surface area contributed by atoms with Gasteiger partial charge in [-0.05, 0) is 47.0 Å². The minimum absolute atomic E-state index is 0.0264. The summed E-state index contributed by atoms with van der Waals surface area (Å²) in [4.78, 5) is 11.8. The lowest BCUT2D eigenvalue weighted by Crippen LogP contribution is -2.25. The van der Waals surface area contributed by atoms with Crippen LogP contribution in [-0.4, -0.2) is 12.5 Å². The van der Waals surface area contributed by atoms with Gasteiger partial charge in [0, 0.05) is 16.6 Å². The van der Waals surface area contributed by atoms with Gasteiger partial charge in [-0.3, -0.25) is 4.79 Å². The lowest BCUT2D eigenvalue weighted by atomic mass is 10.2. The van der Waals surface area contributed by atoms with Crippen molar-refractivity contribution in [1.29, 1.82) is 0 Å². The third kappa shape index (κ3) is 3.68. The highest BCUT2D eigenvalue weighted by molar-refractivity contribution is 9.10. The maximum absolute atomic E-state index is 11.8. The predicted octanol–water partition coefficient (Wildman–Crippen LogP) is 3.48. The number of amides is 1. The van der Waals surface area contributed by atoms with Crippen LogP contribution in [0.1, 0.15) is 15.9 Å². The first kappa shape index (κ1) is 12.3. The first-order chi connectivity index (χ1) is 8.25. The van der Waals surface area contributed by atoms with Crippen LogP contribution in [0.15, 0.2) is 45.6 Å². The van der Waals surface area contributed by atoms with Crippen LogP contribution in [0.2, 0.25) is 0 Å². The number of nitrogens with one attached hydrogen (secondary N) is 1. The summed E-state index contributed by atoms with van der Waals surface area (Å²) in [6, 6.07) is 9.47. The molecule has 17 heavy (non-hydrogen) atoms. The molecule has 0 radical (unpaired) electrons. The Morgan fingerprint density at radius 1 is 1.35 bits per heavy atom. The van der Waals surface area contributed by atoms with Crippen LogP contribution in [0.5, 0.6) is 0 Å². The predicted molar refractivity (Wildman–Crippen MR) is 74.5 cm³/mol. The smallest absolute Gasteiger partial charge is 0.251 e. The molecule has 2 aromatic rings. The number of rotatable bonds is 4. The van der Waals surface area contributed by atoms with E-state index in [2.05, 4.69) is 32.7 Å². The van der Waals surface area contributed by atoms with Crippen LogP contribution < -0.4 is 5.32 Å². The molecule has 88 valence electrons. The van der Waals surface area contributed by atoms with Crippen molar-refractivity contribution in [2.24, 2.45) is 0 Å². The summed E-state index contributed by atoms with van der Waals surface area (Å²) in [6.07, 6.45) is 0.878. The second-order valence-electron chi connectivity index (χ2n) is 3.65. The lowest BCUT2D eigenvalue weighted by Gasteiger charge is -2.04. The molecule has 0 aliphatic heterocycles. The fourth-order valence-corrected chi connectivity index (χ4v) is 2.59. The molecule has 1 amide bonds. The van der Waals surface area contributed by atoms with E-state index in [9.17, 15) is 4.79 Å². The molecule has 1 N–H and O–H groups in total. The van der Waals surface area contributed by atoms with Crippen molar-refractivity contribution >= 4 is 33.2 Å². The maximum atomic E-state index is 11.8. The van der Waals surface area contributed by atoms with E-state index in [1.54, 1.807) is 11.3 Å². The van der Waals surface area contributed by atoms with Gasteiger partial charge in [0.05, 0.1) is 0 Å². The van der Waals surface area contributed by atoms with Crippen LogP contribution >= 0.6 is 27.3 Å². The normalized spacial score (nSPS) is 10.2. The maximum Gasteiger partial charge on any atom is 0.251 e. The van der Waals surface area contributed by atoms with Crippen molar-refractivity contribution in [3.8, 4) is 0 Å². The van der Waals surface area contributed by atoms with E-state index in [4.69, 9.17) is 0 Å². The van der Waals surface area contributed by atoms with Crippen molar-refractivity contribution in [1.82, 2.24) is 5.32 Å². The molecule has 0 unspecified atom stereocenters. The SMILES string of the molecule is O=C(NCCc1ccsc1)c1cccc(Br)c1. The third-order valence-electron chi connectivity index (χ3n) is 2.37. The zero-order valence-electron chi connectivity index (χ0n) is 9.15. The molecular formula is C13H12BrNOS. The topological polar surface area (TPSA) is 29.1 Å². The van der Waals surface area contributed by atoms with Crippen molar-refractivity contribution in [3.05, 3.63) is 56.7 Å². The molecule has 1 aromatic carbocycles. The number of carbonyl (C=O) groups excluding carboxylic acids is 1. The van der Waals surface area contributed by atoms with Crippen molar-refractivity contribution in [3.63, 3.8) is 0 Å². The average Bonchev–Trinajstić information content (AvgIpc) is 2.82. The number of carbonyl (C=O) groups is 1. The first-order valence-corrected chi connectivity index (χ1v) is 7.04. The van der Waals surface area contributed by atoms with E-state index in [0.29, 0.717) is 12.1 Å². The lowest BCUT2D eigenvalue weighted by molar-refractivity contribution is 0.0954. The first-order valence-electron chi connectivity index (χ1n) is 5.30. The Labute approximate surface area is 113 Å². The van der Waals surface area contributed by atoms with Crippen LogP contribution in [0, 0.1) is 0 Å². The van der Waals surface area contributed by atoms with E-state index >= 15 is 0 Å². The molecule has 0 spiro atoms. The van der Waals surface area contributed by atoms with Gasteiger partial charge >= 0.3 is 0 Å². The fraction of sp³-hybridized carbons (Fsp3) is 0.154. The van der Waals surface area contributed by atoms with Gasteiger partial charge in [-0.25, -0.2) is 0 Å². The Morgan fingerprint density at radius 3 is 2.94 bits per heavy atom. The Balaban J connectivity index is 1.85. The summed E-state index contributed by atoms with van der Waals surface area (Å²) >= 11 is 5.03. The molecule has 0 fully saturated rings. The Hall–Kier alpha value is -1.13. The highest BCUT2D eigenvalue weighted by atomic mass is 79.9. The molecule has 0 saturated carbocycles. The minimum Gasteiger partial charge on any atom is -0.352 e. The number of halogens is 1. The number of benzene rings is 1. The Bertz CT molecular complexity index is 496. The molecule has 2 nitrogen and oxygen atoms in total. The molecule has 1 heterocycles. The van der Waals surface area contributed by atoms with Crippen molar-refractivity contribution in [2.75, 3.05) is 6.54 Å². The van der Waals surface area contributed by atoms with Crippen LogP contribution in [0.4, 0.5) is 0 Å². The van der Waals surface area contributed by atoms with Crippen LogP contribution in [-0.2, 0) is 6.42 Å². The largest absolute Gasteiger partial charge is 0.352 e. The molecule has 4 heteroatoms. The molecular weight excluding hydrogens is 298 g/mol. The van der Waals surface area contributed by atoms with Gasteiger partial charge in [0.2, 0.25) is 0 Å². The monoisotopic (exact) mass is 309 g/mol. The number of thiophene rings is 1. The zero-order valence-corrected chi connectivity index (χ0v) is 11.6.